The Morgan fingerprint density at radius 2 is 2.03 bits per heavy atom. The molecule has 8 heteroatoms. The maximum atomic E-state index is 13.1. The van der Waals surface area contributed by atoms with E-state index < -0.39 is 6.10 Å². The molecule has 0 radical (unpaired) electrons. The lowest BCUT2D eigenvalue weighted by atomic mass is 10.0. The van der Waals surface area contributed by atoms with Crippen molar-refractivity contribution in [1.29, 1.82) is 5.26 Å². The molecule has 0 aliphatic heterocycles. The minimum Gasteiger partial charge on any atom is -0.483 e. The minimum absolute atomic E-state index is 0.0776. The summed E-state index contributed by atoms with van der Waals surface area (Å²) in [5.41, 5.74) is 2.79. The number of pyridine rings is 1. The first kappa shape index (κ1) is 20.5. The normalized spacial score (nSPS) is 11.8. The molecule has 0 saturated heterocycles. The van der Waals surface area contributed by atoms with Gasteiger partial charge in [0.05, 0.1) is 11.6 Å². The molecular weight excluding hydrogens is 416 g/mol. The lowest BCUT2D eigenvalue weighted by Gasteiger charge is -2.18. The zero-order valence-electron chi connectivity index (χ0n) is 17.0. The van der Waals surface area contributed by atoms with Gasteiger partial charge < -0.3 is 9.15 Å². The molecule has 7 nitrogen and oxygen atoms in total. The number of nitriles is 1. The summed E-state index contributed by atoms with van der Waals surface area (Å²) in [6.07, 6.45) is 4.09. The number of benzene rings is 1. The van der Waals surface area contributed by atoms with Gasteiger partial charge in [0.25, 0.3) is 0 Å². The zero-order valence-corrected chi connectivity index (χ0v) is 17.8. The maximum absolute atomic E-state index is 13.1. The van der Waals surface area contributed by atoms with E-state index in [-0.39, 0.29) is 22.0 Å². The third kappa shape index (κ3) is 3.86. The number of halogens is 1. The molecule has 0 aliphatic rings. The van der Waals surface area contributed by atoms with Crippen molar-refractivity contribution in [3.8, 4) is 23.3 Å². The van der Waals surface area contributed by atoms with Crippen LogP contribution >= 0.6 is 11.6 Å². The van der Waals surface area contributed by atoms with Gasteiger partial charge in [-0.2, -0.15) is 5.26 Å². The summed E-state index contributed by atoms with van der Waals surface area (Å²) in [5.74, 6) is 0.645. The second-order valence-corrected chi connectivity index (χ2v) is 7.45. The first-order valence-electron chi connectivity index (χ1n) is 9.46. The van der Waals surface area contributed by atoms with Crippen molar-refractivity contribution in [2.75, 3.05) is 0 Å². The SMILES string of the molecule is Cc1cc([C@@H](C)Oc2ccc(Cl)nc2C#N)c2oc(-c3cnccn3)c(C)c(=O)c2c1. The topological polar surface area (TPSA) is 102 Å². The Balaban J connectivity index is 1.89. The fourth-order valence-corrected chi connectivity index (χ4v) is 3.53. The van der Waals surface area contributed by atoms with E-state index >= 15 is 0 Å². The molecule has 4 aromatic rings. The molecule has 0 saturated carbocycles. The summed E-state index contributed by atoms with van der Waals surface area (Å²) in [4.78, 5) is 25.5. The van der Waals surface area contributed by atoms with E-state index in [2.05, 4.69) is 15.0 Å². The maximum Gasteiger partial charge on any atom is 0.196 e. The second-order valence-electron chi connectivity index (χ2n) is 7.06. The lowest BCUT2D eigenvalue weighted by Crippen LogP contribution is -2.12. The Bertz CT molecular complexity index is 1390. The Hall–Kier alpha value is -3.76. The molecular formula is C23H17ClN4O3. The number of hydrogen-bond donors (Lipinski definition) is 0. The van der Waals surface area contributed by atoms with Crippen LogP contribution in [0.3, 0.4) is 0 Å². The summed E-state index contributed by atoms with van der Waals surface area (Å²) in [5, 5.41) is 10.00. The van der Waals surface area contributed by atoms with Crippen molar-refractivity contribution in [2.24, 2.45) is 0 Å². The van der Waals surface area contributed by atoms with E-state index in [0.717, 1.165) is 5.56 Å². The molecule has 0 N–H and O–H groups in total. The van der Waals surface area contributed by atoms with Gasteiger partial charge in [0.1, 0.15) is 28.6 Å². The van der Waals surface area contributed by atoms with Crippen molar-refractivity contribution < 1.29 is 9.15 Å². The predicted octanol–water partition coefficient (Wildman–Crippen LogP) is 4.93. The van der Waals surface area contributed by atoms with Crippen LogP contribution in [0.15, 0.2) is 52.1 Å². The number of nitrogens with zero attached hydrogens (tertiary/aromatic N) is 4. The summed E-state index contributed by atoms with van der Waals surface area (Å²) in [6.45, 7) is 5.41. The van der Waals surface area contributed by atoms with E-state index in [1.54, 1.807) is 37.5 Å². The van der Waals surface area contributed by atoms with E-state index in [1.807, 2.05) is 26.0 Å². The van der Waals surface area contributed by atoms with Crippen LogP contribution in [0.5, 0.6) is 5.75 Å². The van der Waals surface area contributed by atoms with Gasteiger partial charge in [-0.3, -0.25) is 9.78 Å². The monoisotopic (exact) mass is 432 g/mol. The highest BCUT2D eigenvalue weighted by molar-refractivity contribution is 6.29. The average Bonchev–Trinajstić information content (AvgIpc) is 2.77. The average molecular weight is 433 g/mol. The van der Waals surface area contributed by atoms with E-state index in [1.165, 1.54) is 6.20 Å². The van der Waals surface area contributed by atoms with Gasteiger partial charge in [-0.1, -0.05) is 11.6 Å². The largest absolute Gasteiger partial charge is 0.483 e. The smallest absolute Gasteiger partial charge is 0.196 e. The zero-order chi connectivity index (χ0) is 22.1. The van der Waals surface area contributed by atoms with Crippen LogP contribution in [0, 0.1) is 25.2 Å². The Morgan fingerprint density at radius 1 is 1.23 bits per heavy atom. The van der Waals surface area contributed by atoms with Crippen LogP contribution in [0.4, 0.5) is 0 Å². The van der Waals surface area contributed by atoms with Crippen molar-refractivity contribution in [3.05, 3.63) is 80.6 Å². The van der Waals surface area contributed by atoms with Gasteiger partial charge in [-0.25, -0.2) is 9.97 Å². The van der Waals surface area contributed by atoms with Gasteiger partial charge in [0, 0.05) is 23.5 Å². The fraction of sp³-hybridized carbons (Fsp3) is 0.174. The highest BCUT2D eigenvalue weighted by Crippen LogP contribution is 2.32. The third-order valence-corrected chi connectivity index (χ3v) is 5.07. The Morgan fingerprint density at radius 3 is 2.74 bits per heavy atom. The third-order valence-electron chi connectivity index (χ3n) is 4.86. The highest BCUT2D eigenvalue weighted by atomic mass is 35.5. The van der Waals surface area contributed by atoms with Gasteiger partial charge in [-0.05, 0) is 50.6 Å². The van der Waals surface area contributed by atoms with E-state index in [9.17, 15) is 10.1 Å². The molecule has 0 amide bonds. The van der Waals surface area contributed by atoms with Gasteiger partial charge in [0.15, 0.2) is 22.6 Å². The molecule has 0 unspecified atom stereocenters. The molecule has 31 heavy (non-hydrogen) atoms. The molecule has 0 fully saturated rings. The van der Waals surface area contributed by atoms with Gasteiger partial charge in [-0.15, -0.1) is 0 Å². The van der Waals surface area contributed by atoms with Crippen LogP contribution < -0.4 is 10.2 Å². The number of fused-ring (bicyclic) bond motifs is 1. The van der Waals surface area contributed by atoms with Crippen LogP contribution in [0.1, 0.15) is 35.4 Å². The Kier molecular flexibility index (Phi) is 5.40. The second kappa shape index (κ2) is 8.17. The molecule has 0 aliphatic carbocycles. The number of aromatic nitrogens is 3. The van der Waals surface area contributed by atoms with Gasteiger partial charge in [0.2, 0.25) is 0 Å². The highest BCUT2D eigenvalue weighted by Gasteiger charge is 2.21. The van der Waals surface area contributed by atoms with Crippen LogP contribution in [0.2, 0.25) is 5.15 Å². The van der Waals surface area contributed by atoms with Crippen LogP contribution in [0.25, 0.3) is 22.4 Å². The molecule has 1 aromatic carbocycles. The van der Waals surface area contributed by atoms with E-state index in [0.29, 0.717) is 33.6 Å². The Labute approximate surface area is 182 Å². The number of ether oxygens (including phenoxy) is 1. The molecule has 1 atom stereocenters. The first-order chi connectivity index (χ1) is 14.9. The van der Waals surface area contributed by atoms with Crippen LogP contribution in [-0.4, -0.2) is 15.0 Å². The number of rotatable bonds is 4. The quantitative estimate of drug-likeness (QED) is 0.421. The minimum atomic E-state index is -0.543. The number of aryl methyl sites for hydroxylation is 1. The fourth-order valence-electron chi connectivity index (χ4n) is 3.38. The van der Waals surface area contributed by atoms with E-state index in [4.69, 9.17) is 20.8 Å². The lowest BCUT2D eigenvalue weighted by molar-refractivity contribution is 0.225. The summed E-state index contributed by atoms with van der Waals surface area (Å²) < 4.78 is 12.2. The standard InChI is InChI=1S/C23H17ClN4O3/c1-12-8-15(14(3)30-19-4-5-20(24)28-17(19)10-25)23-16(9-12)21(29)13(2)22(31-23)18-11-26-6-7-27-18/h4-9,11,14H,1-3H3/t14-/m1/s1. The van der Waals surface area contributed by atoms with Crippen molar-refractivity contribution in [2.45, 2.75) is 26.9 Å². The molecule has 4 rings (SSSR count). The summed E-state index contributed by atoms with van der Waals surface area (Å²) >= 11 is 5.88. The van der Waals surface area contributed by atoms with Crippen molar-refractivity contribution >= 4 is 22.6 Å². The molecule has 0 bridgehead atoms. The van der Waals surface area contributed by atoms with Gasteiger partial charge >= 0.3 is 0 Å². The summed E-state index contributed by atoms with van der Waals surface area (Å²) in [6, 6.07) is 8.80. The molecule has 3 heterocycles. The summed E-state index contributed by atoms with van der Waals surface area (Å²) in [7, 11) is 0. The molecule has 3 aromatic heterocycles. The number of hydrogen-bond acceptors (Lipinski definition) is 7. The van der Waals surface area contributed by atoms with Crippen LogP contribution in [-0.2, 0) is 0 Å². The molecule has 154 valence electrons. The predicted molar refractivity (Wildman–Crippen MR) is 116 cm³/mol. The van der Waals surface area contributed by atoms with Crippen molar-refractivity contribution in [1.82, 2.24) is 15.0 Å². The first-order valence-corrected chi connectivity index (χ1v) is 9.84. The van der Waals surface area contributed by atoms with Crippen molar-refractivity contribution in [3.63, 3.8) is 0 Å². The molecule has 0 spiro atoms.